The molecule has 19 heavy (non-hydrogen) atoms. The van der Waals surface area contributed by atoms with E-state index in [1.54, 1.807) is 0 Å². The quantitative estimate of drug-likeness (QED) is 0.816. The summed E-state index contributed by atoms with van der Waals surface area (Å²) in [6, 6.07) is 7.42. The van der Waals surface area contributed by atoms with Crippen molar-refractivity contribution in [2.75, 3.05) is 7.11 Å². The molecule has 0 bridgehead atoms. The summed E-state index contributed by atoms with van der Waals surface area (Å²) in [5, 5.41) is 2.84. The number of esters is 1. The molecule has 1 atom stereocenters. The molecular weight excluding hydrogens is 310 g/mol. The number of amides is 1. The van der Waals surface area contributed by atoms with E-state index in [1.165, 1.54) is 7.11 Å². The lowest BCUT2D eigenvalue weighted by atomic mass is 10.1. The topological polar surface area (TPSA) is 55.4 Å². The van der Waals surface area contributed by atoms with Gasteiger partial charge in [-0.15, -0.1) is 0 Å². The Morgan fingerprint density at radius 2 is 2.16 bits per heavy atom. The SMILES string of the molecule is CCC(CC(=O)OC)NC(=O)Cc1cccc(Br)c1. The van der Waals surface area contributed by atoms with Crippen LogP contribution < -0.4 is 5.32 Å². The first-order valence-electron chi connectivity index (χ1n) is 6.15. The summed E-state index contributed by atoms with van der Waals surface area (Å²) in [4.78, 5) is 23.1. The number of carbonyl (C=O) groups excluding carboxylic acids is 2. The minimum Gasteiger partial charge on any atom is -0.469 e. The van der Waals surface area contributed by atoms with E-state index in [0.717, 1.165) is 10.0 Å². The van der Waals surface area contributed by atoms with E-state index in [1.807, 2.05) is 31.2 Å². The third-order valence-electron chi connectivity index (χ3n) is 2.75. The highest BCUT2D eigenvalue weighted by Gasteiger charge is 2.15. The largest absolute Gasteiger partial charge is 0.469 e. The van der Waals surface area contributed by atoms with Crippen LogP contribution in [0.5, 0.6) is 0 Å². The van der Waals surface area contributed by atoms with Crippen LogP contribution in [0, 0.1) is 0 Å². The van der Waals surface area contributed by atoms with Gasteiger partial charge in [-0.3, -0.25) is 9.59 Å². The van der Waals surface area contributed by atoms with Gasteiger partial charge in [0.05, 0.1) is 20.0 Å². The van der Waals surface area contributed by atoms with Crippen molar-refractivity contribution in [3.8, 4) is 0 Å². The number of nitrogens with one attached hydrogen (secondary N) is 1. The molecule has 5 heteroatoms. The minimum absolute atomic E-state index is 0.0890. The van der Waals surface area contributed by atoms with Crippen molar-refractivity contribution < 1.29 is 14.3 Å². The van der Waals surface area contributed by atoms with Crippen molar-refractivity contribution >= 4 is 27.8 Å². The number of carbonyl (C=O) groups is 2. The number of halogens is 1. The molecule has 1 aromatic rings. The van der Waals surface area contributed by atoms with Crippen molar-refractivity contribution in [2.24, 2.45) is 0 Å². The molecule has 0 radical (unpaired) electrons. The van der Waals surface area contributed by atoms with Gasteiger partial charge in [-0.25, -0.2) is 0 Å². The number of rotatable bonds is 6. The van der Waals surface area contributed by atoms with E-state index in [-0.39, 0.29) is 24.3 Å². The van der Waals surface area contributed by atoms with Crippen LogP contribution in [-0.4, -0.2) is 25.0 Å². The van der Waals surface area contributed by atoms with Gasteiger partial charge in [0.25, 0.3) is 0 Å². The summed E-state index contributed by atoms with van der Waals surface area (Å²) < 4.78 is 5.55. The van der Waals surface area contributed by atoms with Crippen molar-refractivity contribution in [3.63, 3.8) is 0 Å². The predicted octanol–water partition coefficient (Wildman–Crippen LogP) is 2.45. The predicted molar refractivity (Wildman–Crippen MR) is 76.7 cm³/mol. The van der Waals surface area contributed by atoms with Crippen LogP contribution >= 0.6 is 15.9 Å². The Morgan fingerprint density at radius 1 is 1.42 bits per heavy atom. The fraction of sp³-hybridized carbons (Fsp3) is 0.429. The standard InChI is InChI=1S/C14H18BrNO3/c1-3-12(9-14(18)19-2)16-13(17)8-10-5-4-6-11(15)7-10/h4-7,12H,3,8-9H2,1-2H3,(H,16,17). The van der Waals surface area contributed by atoms with Crippen LogP contribution in [0.15, 0.2) is 28.7 Å². The zero-order valence-electron chi connectivity index (χ0n) is 11.1. The number of methoxy groups -OCH3 is 1. The highest BCUT2D eigenvalue weighted by Crippen LogP contribution is 2.12. The molecule has 0 saturated carbocycles. The average molecular weight is 328 g/mol. The maximum absolute atomic E-state index is 11.9. The third-order valence-corrected chi connectivity index (χ3v) is 3.25. The molecule has 0 fully saturated rings. The summed E-state index contributed by atoms with van der Waals surface area (Å²) in [5.41, 5.74) is 0.930. The van der Waals surface area contributed by atoms with Gasteiger partial charge >= 0.3 is 5.97 Å². The van der Waals surface area contributed by atoms with E-state index in [0.29, 0.717) is 12.8 Å². The van der Waals surface area contributed by atoms with Gasteiger partial charge in [0, 0.05) is 10.5 Å². The zero-order valence-corrected chi connectivity index (χ0v) is 12.7. The Balaban J connectivity index is 2.51. The number of hydrogen-bond acceptors (Lipinski definition) is 3. The fourth-order valence-corrected chi connectivity index (χ4v) is 2.14. The van der Waals surface area contributed by atoms with E-state index < -0.39 is 0 Å². The fourth-order valence-electron chi connectivity index (χ4n) is 1.69. The lowest BCUT2D eigenvalue weighted by Crippen LogP contribution is -2.37. The Bertz CT molecular complexity index is 448. The molecule has 0 heterocycles. The Kier molecular flexibility index (Phi) is 6.56. The van der Waals surface area contributed by atoms with E-state index in [9.17, 15) is 9.59 Å². The monoisotopic (exact) mass is 327 g/mol. The van der Waals surface area contributed by atoms with Gasteiger partial charge < -0.3 is 10.1 Å². The molecule has 1 amide bonds. The van der Waals surface area contributed by atoms with Crippen LogP contribution in [0.1, 0.15) is 25.3 Å². The van der Waals surface area contributed by atoms with E-state index in [4.69, 9.17) is 0 Å². The van der Waals surface area contributed by atoms with E-state index in [2.05, 4.69) is 26.0 Å². The third kappa shape index (κ3) is 5.87. The Morgan fingerprint density at radius 3 is 2.74 bits per heavy atom. The molecular formula is C14H18BrNO3. The lowest BCUT2D eigenvalue weighted by molar-refractivity contribution is -0.141. The van der Waals surface area contributed by atoms with Crippen LogP contribution in [0.25, 0.3) is 0 Å². The first-order valence-corrected chi connectivity index (χ1v) is 6.95. The molecule has 0 aliphatic rings. The summed E-state index contributed by atoms with van der Waals surface area (Å²) in [6.45, 7) is 1.92. The molecule has 0 aliphatic heterocycles. The Hall–Kier alpha value is -1.36. The molecule has 1 unspecified atom stereocenters. The second-order valence-corrected chi connectivity index (χ2v) is 5.18. The van der Waals surface area contributed by atoms with Gasteiger partial charge in [0.15, 0.2) is 0 Å². The molecule has 0 saturated heterocycles. The van der Waals surface area contributed by atoms with Crippen molar-refractivity contribution in [3.05, 3.63) is 34.3 Å². The van der Waals surface area contributed by atoms with Crippen LogP contribution in [0.3, 0.4) is 0 Å². The molecule has 1 rings (SSSR count). The summed E-state index contributed by atoms with van der Waals surface area (Å²) in [6.07, 6.45) is 1.20. The highest BCUT2D eigenvalue weighted by molar-refractivity contribution is 9.10. The first-order chi connectivity index (χ1) is 9.05. The average Bonchev–Trinajstić information content (AvgIpc) is 2.37. The molecule has 0 spiro atoms. The molecule has 1 N–H and O–H groups in total. The molecule has 0 aromatic heterocycles. The molecule has 104 valence electrons. The van der Waals surface area contributed by atoms with Gasteiger partial charge in [-0.1, -0.05) is 35.0 Å². The van der Waals surface area contributed by atoms with Gasteiger partial charge in [0.1, 0.15) is 0 Å². The van der Waals surface area contributed by atoms with E-state index >= 15 is 0 Å². The summed E-state index contributed by atoms with van der Waals surface area (Å²) in [5.74, 6) is -0.400. The van der Waals surface area contributed by atoms with Crippen molar-refractivity contribution in [1.82, 2.24) is 5.32 Å². The highest BCUT2D eigenvalue weighted by atomic mass is 79.9. The maximum atomic E-state index is 11.9. The second-order valence-electron chi connectivity index (χ2n) is 4.26. The first kappa shape index (κ1) is 15.7. The van der Waals surface area contributed by atoms with Crippen molar-refractivity contribution in [1.29, 1.82) is 0 Å². The normalized spacial score (nSPS) is 11.7. The smallest absolute Gasteiger partial charge is 0.307 e. The number of ether oxygens (including phenoxy) is 1. The number of hydrogen-bond donors (Lipinski definition) is 1. The Labute approximate surface area is 121 Å². The van der Waals surface area contributed by atoms with Crippen LogP contribution in [0.2, 0.25) is 0 Å². The van der Waals surface area contributed by atoms with Crippen molar-refractivity contribution in [2.45, 2.75) is 32.2 Å². The maximum Gasteiger partial charge on any atom is 0.307 e. The molecule has 0 aliphatic carbocycles. The van der Waals surface area contributed by atoms with Crippen LogP contribution in [0.4, 0.5) is 0 Å². The number of benzene rings is 1. The van der Waals surface area contributed by atoms with Crippen LogP contribution in [-0.2, 0) is 20.7 Å². The molecule has 4 nitrogen and oxygen atoms in total. The minimum atomic E-state index is -0.311. The summed E-state index contributed by atoms with van der Waals surface area (Å²) >= 11 is 3.37. The summed E-state index contributed by atoms with van der Waals surface area (Å²) in [7, 11) is 1.35. The van der Waals surface area contributed by atoms with Gasteiger partial charge in [-0.05, 0) is 24.1 Å². The van der Waals surface area contributed by atoms with Gasteiger partial charge in [-0.2, -0.15) is 0 Å². The van der Waals surface area contributed by atoms with Gasteiger partial charge in [0.2, 0.25) is 5.91 Å². The zero-order chi connectivity index (χ0) is 14.3. The lowest BCUT2D eigenvalue weighted by Gasteiger charge is -2.15. The second kappa shape index (κ2) is 7.94. The molecule has 1 aromatic carbocycles.